The number of β-amino-alcohol motifs (C(OH)–C–C–N with tert-alkyl or cyclic N) is 1. The Morgan fingerprint density at radius 3 is 2.42 bits per heavy atom. The smallest absolute Gasteiger partial charge is 0.256 e. The summed E-state index contributed by atoms with van der Waals surface area (Å²) in [6.45, 7) is 11.1. The van der Waals surface area contributed by atoms with Gasteiger partial charge in [0, 0.05) is 32.0 Å². The first-order valence-electron chi connectivity index (χ1n) is 10.8. The summed E-state index contributed by atoms with van der Waals surface area (Å²) >= 11 is 0. The molecule has 2 heterocycles. The lowest BCUT2D eigenvalue weighted by Crippen LogP contribution is -2.56. The molecular weight excluding hydrogens is 394 g/mol. The van der Waals surface area contributed by atoms with Gasteiger partial charge in [-0.05, 0) is 24.8 Å². The molecule has 7 heteroatoms. The van der Waals surface area contributed by atoms with Gasteiger partial charge in [0.2, 0.25) is 11.8 Å². The first-order valence-corrected chi connectivity index (χ1v) is 10.8. The standard InChI is InChI=1S/C24H33N3O4/c1-14-7-9-16(10-8-14)24(6)12-18(26-22(24)31)19-11-17(29)13-27(19)21(30)20(23(3,4)5)25-15(2)28/h7-10,17,19-20,29H,11-13H2,1-6H3,(H,25,28)/t17-,19+,20-,24-/m1/s1. The van der Waals surface area contributed by atoms with Crippen molar-refractivity contribution in [3.05, 3.63) is 35.4 Å². The van der Waals surface area contributed by atoms with Gasteiger partial charge in [0.05, 0.1) is 17.6 Å². The van der Waals surface area contributed by atoms with E-state index in [-0.39, 0.29) is 24.3 Å². The minimum atomic E-state index is -0.785. The zero-order valence-corrected chi connectivity index (χ0v) is 19.2. The average molecular weight is 428 g/mol. The van der Waals surface area contributed by atoms with Gasteiger partial charge in [0.25, 0.3) is 5.91 Å². The third-order valence-electron chi connectivity index (χ3n) is 6.35. The zero-order valence-electron chi connectivity index (χ0n) is 19.2. The highest BCUT2D eigenvalue weighted by molar-refractivity contribution is 6.11. The molecule has 3 rings (SSSR count). The molecule has 168 valence electrons. The van der Waals surface area contributed by atoms with Crippen LogP contribution in [0.4, 0.5) is 0 Å². The van der Waals surface area contributed by atoms with Crippen LogP contribution in [0.3, 0.4) is 0 Å². The predicted octanol–water partition coefficient (Wildman–Crippen LogP) is 2.14. The Balaban J connectivity index is 1.88. The largest absolute Gasteiger partial charge is 0.391 e. The van der Waals surface area contributed by atoms with Crippen molar-refractivity contribution in [2.24, 2.45) is 10.4 Å². The van der Waals surface area contributed by atoms with Crippen molar-refractivity contribution < 1.29 is 19.5 Å². The minimum Gasteiger partial charge on any atom is -0.391 e. The van der Waals surface area contributed by atoms with Crippen molar-refractivity contribution in [1.82, 2.24) is 10.2 Å². The lowest BCUT2D eigenvalue weighted by Gasteiger charge is -2.35. The Kier molecular flexibility index (Phi) is 6.11. The van der Waals surface area contributed by atoms with Crippen LogP contribution in [-0.2, 0) is 19.8 Å². The number of carbonyl (C=O) groups is 3. The van der Waals surface area contributed by atoms with Crippen LogP contribution in [0, 0.1) is 12.3 Å². The first kappa shape index (κ1) is 23.1. The molecule has 1 saturated heterocycles. The lowest BCUT2D eigenvalue weighted by molar-refractivity contribution is -0.139. The molecule has 0 spiro atoms. The highest BCUT2D eigenvalue weighted by atomic mass is 16.3. The second kappa shape index (κ2) is 8.19. The molecule has 0 unspecified atom stereocenters. The molecule has 0 saturated carbocycles. The summed E-state index contributed by atoms with van der Waals surface area (Å²) in [6, 6.07) is 6.65. The quantitative estimate of drug-likeness (QED) is 0.769. The summed E-state index contributed by atoms with van der Waals surface area (Å²) < 4.78 is 0. The molecular formula is C24H33N3O4. The van der Waals surface area contributed by atoms with Crippen molar-refractivity contribution >= 4 is 23.4 Å². The monoisotopic (exact) mass is 427 g/mol. The predicted molar refractivity (Wildman–Crippen MR) is 119 cm³/mol. The molecule has 3 amide bonds. The van der Waals surface area contributed by atoms with E-state index in [0.717, 1.165) is 11.1 Å². The third-order valence-corrected chi connectivity index (χ3v) is 6.35. The number of nitrogens with zero attached hydrogens (tertiary/aromatic N) is 2. The van der Waals surface area contributed by atoms with Crippen LogP contribution in [0.5, 0.6) is 0 Å². The van der Waals surface area contributed by atoms with Crippen molar-refractivity contribution in [1.29, 1.82) is 0 Å². The number of aliphatic hydroxyl groups is 1. The van der Waals surface area contributed by atoms with Crippen LogP contribution in [-0.4, -0.2) is 58.2 Å². The highest BCUT2D eigenvalue weighted by Crippen LogP contribution is 2.38. The fourth-order valence-corrected chi connectivity index (χ4v) is 4.46. The summed E-state index contributed by atoms with van der Waals surface area (Å²) in [5.41, 5.74) is 1.33. The van der Waals surface area contributed by atoms with Crippen molar-refractivity contribution in [2.75, 3.05) is 6.54 Å². The number of hydrogen-bond acceptors (Lipinski definition) is 4. The number of amides is 3. The normalized spacial score (nSPS) is 27.3. The number of benzene rings is 1. The SMILES string of the molecule is CC(=O)N[C@H](C(=O)N1C[C@H](O)C[C@H]1C1=NC(=O)[C@@](C)(c2ccc(C)cc2)C1)C(C)(C)C. The van der Waals surface area contributed by atoms with E-state index in [4.69, 9.17) is 0 Å². The Labute approximate surface area is 183 Å². The summed E-state index contributed by atoms with van der Waals surface area (Å²) in [5, 5.41) is 13.1. The molecule has 2 N–H and O–H groups in total. The molecule has 4 atom stereocenters. The average Bonchev–Trinajstić information content (AvgIpc) is 3.19. The van der Waals surface area contributed by atoms with Gasteiger partial charge in [-0.25, -0.2) is 4.99 Å². The zero-order chi connectivity index (χ0) is 23.1. The van der Waals surface area contributed by atoms with Crippen LogP contribution in [0.2, 0.25) is 0 Å². The Morgan fingerprint density at radius 2 is 1.87 bits per heavy atom. The van der Waals surface area contributed by atoms with Gasteiger partial charge in [0.15, 0.2) is 0 Å². The van der Waals surface area contributed by atoms with E-state index < -0.39 is 29.0 Å². The number of carbonyl (C=O) groups excluding carboxylic acids is 3. The van der Waals surface area contributed by atoms with Crippen LogP contribution in [0.25, 0.3) is 0 Å². The van der Waals surface area contributed by atoms with E-state index in [1.807, 2.05) is 58.9 Å². The molecule has 2 aliphatic rings. The van der Waals surface area contributed by atoms with Crippen molar-refractivity contribution in [3.8, 4) is 0 Å². The van der Waals surface area contributed by atoms with E-state index >= 15 is 0 Å². The first-order chi connectivity index (χ1) is 14.3. The second-order valence-electron chi connectivity index (χ2n) is 10.2. The molecule has 0 aliphatic carbocycles. The Morgan fingerprint density at radius 1 is 1.26 bits per heavy atom. The topological polar surface area (TPSA) is 99.1 Å². The maximum absolute atomic E-state index is 13.5. The Bertz CT molecular complexity index is 916. The molecule has 1 aromatic rings. The number of likely N-dealkylation sites (tertiary alicyclic amines) is 1. The van der Waals surface area contributed by atoms with Gasteiger partial charge in [-0.3, -0.25) is 14.4 Å². The maximum Gasteiger partial charge on any atom is 0.256 e. The molecule has 7 nitrogen and oxygen atoms in total. The van der Waals surface area contributed by atoms with E-state index in [2.05, 4.69) is 10.3 Å². The van der Waals surface area contributed by atoms with Gasteiger partial charge in [-0.15, -0.1) is 0 Å². The van der Waals surface area contributed by atoms with Gasteiger partial charge < -0.3 is 15.3 Å². The number of hydrogen-bond donors (Lipinski definition) is 2. The minimum absolute atomic E-state index is 0.157. The summed E-state index contributed by atoms with van der Waals surface area (Å²) in [7, 11) is 0. The van der Waals surface area contributed by atoms with Gasteiger partial charge in [0.1, 0.15) is 6.04 Å². The molecule has 1 fully saturated rings. The van der Waals surface area contributed by atoms with Crippen LogP contribution in [0.15, 0.2) is 29.3 Å². The van der Waals surface area contributed by atoms with Crippen LogP contribution < -0.4 is 5.32 Å². The van der Waals surface area contributed by atoms with E-state index in [0.29, 0.717) is 18.6 Å². The molecule has 31 heavy (non-hydrogen) atoms. The fourth-order valence-electron chi connectivity index (χ4n) is 4.46. The number of aryl methyl sites for hydroxylation is 1. The van der Waals surface area contributed by atoms with Gasteiger partial charge in [-0.2, -0.15) is 0 Å². The highest BCUT2D eigenvalue weighted by Gasteiger charge is 2.49. The van der Waals surface area contributed by atoms with Crippen molar-refractivity contribution in [3.63, 3.8) is 0 Å². The van der Waals surface area contributed by atoms with E-state index in [1.165, 1.54) is 6.92 Å². The number of nitrogens with one attached hydrogen (secondary N) is 1. The number of rotatable bonds is 4. The second-order valence-corrected chi connectivity index (χ2v) is 10.2. The third kappa shape index (κ3) is 4.56. The fraction of sp³-hybridized carbons (Fsp3) is 0.583. The molecule has 0 aromatic heterocycles. The summed E-state index contributed by atoms with van der Waals surface area (Å²) in [6.07, 6.45) is 0.0331. The van der Waals surface area contributed by atoms with Crippen LogP contribution >= 0.6 is 0 Å². The molecule has 0 radical (unpaired) electrons. The lowest BCUT2D eigenvalue weighted by atomic mass is 9.78. The van der Waals surface area contributed by atoms with E-state index in [1.54, 1.807) is 4.90 Å². The Hall–Kier alpha value is -2.54. The number of aliphatic hydroxyl groups excluding tert-OH is 1. The van der Waals surface area contributed by atoms with Gasteiger partial charge in [-0.1, -0.05) is 50.6 Å². The molecule has 0 bridgehead atoms. The van der Waals surface area contributed by atoms with Crippen LogP contribution in [0.1, 0.15) is 58.6 Å². The molecule has 2 aliphatic heterocycles. The summed E-state index contributed by atoms with van der Waals surface area (Å²) in [4.78, 5) is 44.1. The number of aliphatic imine (C=N–C) groups is 1. The maximum atomic E-state index is 13.5. The van der Waals surface area contributed by atoms with Crippen molar-refractivity contribution in [2.45, 2.75) is 78.0 Å². The van der Waals surface area contributed by atoms with E-state index in [9.17, 15) is 19.5 Å². The molecule has 1 aromatic carbocycles. The summed E-state index contributed by atoms with van der Waals surface area (Å²) in [5.74, 6) is -0.775. The van der Waals surface area contributed by atoms with Gasteiger partial charge >= 0.3 is 0 Å².